The Kier molecular flexibility index (Phi) is 3.78. The summed E-state index contributed by atoms with van der Waals surface area (Å²) >= 11 is 0. The van der Waals surface area contributed by atoms with Crippen LogP contribution >= 0.6 is 0 Å². The molecule has 0 aromatic carbocycles. The zero-order valence-electron chi connectivity index (χ0n) is 11.0. The Labute approximate surface area is 111 Å². The van der Waals surface area contributed by atoms with Gasteiger partial charge in [0.2, 0.25) is 0 Å². The summed E-state index contributed by atoms with van der Waals surface area (Å²) in [6, 6.07) is 0.169. The molecule has 1 amide bonds. The molecule has 0 radical (unpaired) electrons. The van der Waals surface area contributed by atoms with Crippen molar-refractivity contribution in [2.24, 2.45) is 5.92 Å². The van der Waals surface area contributed by atoms with Gasteiger partial charge in [0, 0.05) is 12.6 Å². The standard InChI is InChI=1S/C13H17N3O3/c1-8-4-3-5-16(9(8)2)12(17)10-6-15-11(7-14-10)13(18)19/h6-9H,3-5H2,1-2H3,(H,18,19). The maximum absolute atomic E-state index is 12.3. The highest BCUT2D eigenvalue weighted by atomic mass is 16.4. The predicted octanol–water partition coefficient (Wildman–Crippen LogP) is 1.44. The summed E-state index contributed by atoms with van der Waals surface area (Å²) in [4.78, 5) is 32.4. The molecule has 2 rings (SSSR count). The number of carboxylic acids is 1. The number of carbonyl (C=O) groups is 2. The quantitative estimate of drug-likeness (QED) is 0.872. The second-order valence-electron chi connectivity index (χ2n) is 4.95. The normalized spacial score (nSPS) is 23.2. The summed E-state index contributed by atoms with van der Waals surface area (Å²) in [7, 11) is 0. The van der Waals surface area contributed by atoms with E-state index in [1.54, 1.807) is 4.90 Å². The van der Waals surface area contributed by atoms with Crippen molar-refractivity contribution in [3.63, 3.8) is 0 Å². The van der Waals surface area contributed by atoms with Gasteiger partial charge in [0.15, 0.2) is 5.69 Å². The molecule has 0 bridgehead atoms. The van der Waals surface area contributed by atoms with Crippen molar-refractivity contribution >= 4 is 11.9 Å². The first-order valence-corrected chi connectivity index (χ1v) is 6.37. The van der Waals surface area contributed by atoms with Crippen LogP contribution in [0.5, 0.6) is 0 Å². The predicted molar refractivity (Wildman–Crippen MR) is 67.9 cm³/mol. The van der Waals surface area contributed by atoms with E-state index in [0.717, 1.165) is 19.0 Å². The molecular formula is C13H17N3O3. The number of aromatic carboxylic acids is 1. The maximum atomic E-state index is 12.3. The lowest BCUT2D eigenvalue weighted by atomic mass is 9.92. The molecule has 1 aromatic rings. The Morgan fingerprint density at radius 2 is 1.89 bits per heavy atom. The van der Waals surface area contributed by atoms with Crippen LogP contribution < -0.4 is 0 Å². The molecule has 1 aliphatic heterocycles. The Morgan fingerprint density at radius 1 is 1.26 bits per heavy atom. The first-order chi connectivity index (χ1) is 9.00. The molecule has 1 aliphatic rings. The number of nitrogens with zero attached hydrogens (tertiary/aromatic N) is 3. The van der Waals surface area contributed by atoms with E-state index in [4.69, 9.17) is 5.11 Å². The van der Waals surface area contributed by atoms with Gasteiger partial charge in [-0.3, -0.25) is 4.79 Å². The molecule has 0 saturated carbocycles. The molecule has 2 heterocycles. The van der Waals surface area contributed by atoms with Crippen molar-refractivity contribution in [2.45, 2.75) is 32.7 Å². The number of hydrogen-bond donors (Lipinski definition) is 1. The van der Waals surface area contributed by atoms with Crippen LogP contribution in [0.1, 0.15) is 47.7 Å². The summed E-state index contributed by atoms with van der Waals surface area (Å²) in [6.45, 7) is 4.87. The Morgan fingerprint density at radius 3 is 2.47 bits per heavy atom. The van der Waals surface area contributed by atoms with Crippen molar-refractivity contribution in [2.75, 3.05) is 6.54 Å². The number of piperidine rings is 1. The van der Waals surface area contributed by atoms with Crippen LogP contribution in [-0.2, 0) is 0 Å². The summed E-state index contributed by atoms with van der Waals surface area (Å²) in [6.07, 6.45) is 4.46. The number of aromatic nitrogens is 2. The van der Waals surface area contributed by atoms with Gasteiger partial charge in [-0.05, 0) is 25.7 Å². The smallest absolute Gasteiger partial charge is 0.356 e. The summed E-state index contributed by atoms with van der Waals surface area (Å²) in [5.74, 6) is -0.862. The van der Waals surface area contributed by atoms with E-state index in [1.807, 2.05) is 6.92 Å². The molecule has 0 spiro atoms. The number of hydrogen-bond acceptors (Lipinski definition) is 4. The van der Waals surface area contributed by atoms with Gasteiger partial charge in [0.25, 0.3) is 5.91 Å². The van der Waals surface area contributed by atoms with Gasteiger partial charge in [0.05, 0.1) is 12.4 Å². The third kappa shape index (κ3) is 2.72. The maximum Gasteiger partial charge on any atom is 0.356 e. The molecule has 102 valence electrons. The largest absolute Gasteiger partial charge is 0.476 e. The minimum atomic E-state index is -1.15. The van der Waals surface area contributed by atoms with Crippen LogP contribution in [0.3, 0.4) is 0 Å². The monoisotopic (exact) mass is 263 g/mol. The number of carboxylic acid groups (broad SMARTS) is 1. The zero-order valence-corrected chi connectivity index (χ0v) is 11.0. The van der Waals surface area contributed by atoms with Crippen LogP contribution in [-0.4, -0.2) is 44.4 Å². The number of amides is 1. The van der Waals surface area contributed by atoms with Crippen molar-refractivity contribution in [1.82, 2.24) is 14.9 Å². The van der Waals surface area contributed by atoms with Gasteiger partial charge in [-0.25, -0.2) is 14.8 Å². The molecule has 6 heteroatoms. The van der Waals surface area contributed by atoms with Gasteiger partial charge in [-0.15, -0.1) is 0 Å². The highest BCUT2D eigenvalue weighted by molar-refractivity contribution is 5.93. The lowest BCUT2D eigenvalue weighted by Crippen LogP contribution is -2.46. The summed E-state index contributed by atoms with van der Waals surface area (Å²) < 4.78 is 0. The first kappa shape index (κ1) is 13.5. The number of rotatable bonds is 2. The Hall–Kier alpha value is -1.98. The average molecular weight is 263 g/mol. The van der Waals surface area contributed by atoms with Gasteiger partial charge in [-0.1, -0.05) is 6.92 Å². The Bertz CT molecular complexity index is 486. The van der Waals surface area contributed by atoms with Gasteiger partial charge >= 0.3 is 5.97 Å². The fourth-order valence-corrected chi connectivity index (χ4v) is 2.32. The lowest BCUT2D eigenvalue weighted by Gasteiger charge is -2.37. The minimum Gasteiger partial charge on any atom is -0.476 e. The molecule has 2 atom stereocenters. The van der Waals surface area contributed by atoms with E-state index in [1.165, 1.54) is 6.20 Å². The van der Waals surface area contributed by atoms with E-state index in [-0.39, 0.29) is 23.3 Å². The van der Waals surface area contributed by atoms with E-state index in [0.29, 0.717) is 12.5 Å². The number of likely N-dealkylation sites (tertiary alicyclic amines) is 1. The van der Waals surface area contributed by atoms with Gasteiger partial charge in [0.1, 0.15) is 5.69 Å². The molecule has 1 fully saturated rings. The number of carbonyl (C=O) groups excluding carboxylic acids is 1. The van der Waals surface area contributed by atoms with Crippen LogP contribution in [0.2, 0.25) is 0 Å². The second kappa shape index (κ2) is 5.34. The van der Waals surface area contributed by atoms with E-state index < -0.39 is 5.97 Å². The molecule has 1 saturated heterocycles. The fourth-order valence-electron chi connectivity index (χ4n) is 2.32. The second-order valence-corrected chi connectivity index (χ2v) is 4.95. The summed E-state index contributed by atoms with van der Waals surface area (Å²) in [5.41, 5.74) is 0.0440. The molecule has 2 unspecified atom stereocenters. The molecule has 1 N–H and O–H groups in total. The third-order valence-electron chi connectivity index (χ3n) is 3.72. The van der Waals surface area contributed by atoms with Crippen LogP contribution in [0.15, 0.2) is 12.4 Å². The van der Waals surface area contributed by atoms with E-state index >= 15 is 0 Å². The van der Waals surface area contributed by atoms with Crippen molar-refractivity contribution in [1.29, 1.82) is 0 Å². The molecule has 1 aromatic heterocycles. The molecule has 19 heavy (non-hydrogen) atoms. The van der Waals surface area contributed by atoms with Crippen molar-refractivity contribution in [3.05, 3.63) is 23.8 Å². The lowest BCUT2D eigenvalue weighted by molar-refractivity contribution is 0.0542. The van der Waals surface area contributed by atoms with Crippen LogP contribution in [0, 0.1) is 5.92 Å². The summed E-state index contributed by atoms with van der Waals surface area (Å²) in [5, 5.41) is 8.74. The van der Waals surface area contributed by atoms with Crippen molar-refractivity contribution in [3.8, 4) is 0 Å². The van der Waals surface area contributed by atoms with Crippen LogP contribution in [0.4, 0.5) is 0 Å². The molecular weight excluding hydrogens is 246 g/mol. The minimum absolute atomic E-state index is 0.156. The highest BCUT2D eigenvalue weighted by Gasteiger charge is 2.29. The van der Waals surface area contributed by atoms with Crippen LogP contribution in [0.25, 0.3) is 0 Å². The molecule has 6 nitrogen and oxygen atoms in total. The third-order valence-corrected chi connectivity index (χ3v) is 3.72. The van der Waals surface area contributed by atoms with E-state index in [9.17, 15) is 9.59 Å². The Balaban J connectivity index is 2.17. The molecule has 0 aliphatic carbocycles. The average Bonchev–Trinajstić information content (AvgIpc) is 2.41. The topological polar surface area (TPSA) is 83.4 Å². The fraction of sp³-hybridized carbons (Fsp3) is 0.538. The van der Waals surface area contributed by atoms with Gasteiger partial charge < -0.3 is 10.0 Å². The van der Waals surface area contributed by atoms with E-state index in [2.05, 4.69) is 16.9 Å². The first-order valence-electron chi connectivity index (χ1n) is 6.37. The highest BCUT2D eigenvalue weighted by Crippen LogP contribution is 2.23. The van der Waals surface area contributed by atoms with Crippen molar-refractivity contribution < 1.29 is 14.7 Å². The van der Waals surface area contributed by atoms with Gasteiger partial charge in [-0.2, -0.15) is 0 Å². The zero-order chi connectivity index (χ0) is 14.0. The SMILES string of the molecule is CC1CCCN(C(=O)c2cnc(C(=O)O)cn2)C1C.